The van der Waals surface area contributed by atoms with Crippen molar-refractivity contribution in [1.29, 1.82) is 0 Å². The molecule has 0 fully saturated rings. The first-order valence-electron chi connectivity index (χ1n) is 14.7. The molecule has 0 atom stereocenters. The summed E-state index contributed by atoms with van der Waals surface area (Å²) in [5, 5.41) is 3.36. The number of fused-ring (bicyclic) bond motifs is 4. The van der Waals surface area contributed by atoms with E-state index >= 15 is 0 Å². The van der Waals surface area contributed by atoms with Crippen LogP contribution in [0.4, 0.5) is 17.5 Å². The molecule has 214 valence electrons. The highest BCUT2D eigenvalue weighted by atomic mass is 16.4. The van der Waals surface area contributed by atoms with Crippen molar-refractivity contribution < 1.29 is 8.83 Å². The number of pyridine rings is 2. The first kappa shape index (κ1) is 25.3. The van der Waals surface area contributed by atoms with Crippen LogP contribution in [-0.4, -0.2) is 19.5 Å². The lowest BCUT2D eigenvalue weighted by Gasteiger charge is -2.19. The molecule has 9 aromatic rings. The minimum Gasteiger partial charge on any atom is -0.462 e. The topological polar surface area (TPSA) is 73.1 Å². The highest BCUT2D eigenvalue weighted by molar-refractivity contribution is 5.97. The number of aryl methyl sites for hydroxylation is 1. The molecule has 7 nitrogen and oxygen atoms in total. The molecule has 0 saturated carbocycles. The Morgan fingerprint density at radius 2 is 1.42 bits per heavy atom. The summed E-state index contributed by atoms with van der Waals surface area (Å²) in [4.78, 5) is 16.9. The van der Waals surface area contributed by atoms with E-state index < -0.39 is 0 Å². The van der Waals surface area contributed by atoms with Crippen LogP contribution in [0, 0.1) is 0 Å². The molecule has 4 aromatic carbocycles. The van der Waals surface area contributed by atoms with E-state index in [1.165, 1.54) is 5.39 Å². The minimum atomic E-state index is 0.420. The normalized spacial score (nSPS) is 11.7. The predicted molar refractivity (Wildman–Crippen MR) is 179 cm³/mol. The van der Waals surface area contributed by atoms with Gasteiger partial charge in [0.05, 0.1) is 22.6 Å². The molecule has 0 unspecified atom stereocenters. The number of hydrogen-bond acceptors (Lipinski definition) is 6. The van der Waals surface area contributed by atoms with Crippen LogP contribution in [-0.2, 0) is 7.05 Å². The zero-order valence-electron chi connectivity index (χ0n) is 24.3. The van der Waals surface area contributed by atoms with Crippen LogP contribution < -0.4 is 4.90 Å². The van der Waals surface area contributed by atoms with Crippen LogP contribution in [0.25, 0.3) is 66.4 Å². The molecule has 0 bridgehead atoms. The largest absolute Gasteiger partial charge is 0.462 e. The summed E-state index contributed by atoms with van der Waals surface area (Å²) in [7, 11) is 2.08. The Hall–Kier alpha value is -6.21. The van der Waals surface area contributed by atoms with Crippen LogP contribution in [0.15, 0.2) is 143 Å². The molecule has 9 rings (SSSR count). The summed E-state index contributed by atoms with van der Waals surface area (Å²) in [6, 6.07) is 41.2. The maximum Gasteiger partial charge on any atom is 0.309 e. The van der Waals surface area contributed by atoms with Gasteiger partial charge in [-0.15, -0.1) is 0 Å². The number of para-hydroxylation sites is 3. The van der Waals surface area contributed by atoms with E-state index in [4.69, 9.17) is 23.8 Å². The van der Waals surface area contributed by atoms with Crippen LogP contribution in [0.3, 0.4) is 0 Å². The summed E-state index contributed by atoms with van der Waals surface area (Å²) in [6.45, 7) is 0. The van der Waals surface area contributed by atoms with E-state index in [0.29, 0.717) is 28.5 Å². The average Bonchev–Trinajstić information content (AvgIpc) is 3.80. The molecule has 0 amide bonds. The second-order valence-corrected chi connectivity index (χ2v) is 11.0. The van der Waals surface area contributed by atoms with Crippen molar-refractivity contribution >= 4 is 61.4 Å². The van der Waals surface area contributed by atoms with E-state index in [1.54, 1.807) is 6.26 Å². The molecular weight excluding hydrogens is 558 g/mol. The van der Waals surface area contributed by atoms with E-state index in [2.05, 4.69) is 66.2 Å². The quantitative estimate of drug-likeness (QED) is 0.201. The highest BCUT2D eigenvalue weighted by Crippen LogP contribution is 2.40. The summed E-state index contributed by atoms with van der Waals surface area (Å²) in [5.74, 6) is 0.648. The lowest BCUT2D eigenvalue weighted by molar-refractivity contribution is 0.606. The number of furan rings is 1. The molecule has 0 aliphatic rings. The highest BCUT2D eigenvalue weighted by Gasteiger charge is 2.23. The fourth-order valence-electron chi connectivity index (χ4n) is 6.14. The SMILES string of the molecule is Cn1c(-c2cccc3oc(N(c4ccccc4)c4ccc5occ(-c6cc7ccccc7cn6)c5n4)nc23)cc2ccccc21. The third-order valence-corrected chi connectivity index (χ3v) is 8.38. The van der Waals surface area contributed by atoms with Gasteiger partial charge in [-0.3, -0.25) is 4.98 Å². The number of aromatic nitrogens is 4. The average molecular weight is 584 g/mol. The van der Waals surface area contributed by atoms with Gasteiger partial charge in [-0.25, -0.2) is 9.88 Å². The van der Waals surface area contributed by atoms with E-state index in [1.807, 2.05) is 77.8 Å². The third-order valence-electron chi connectivity index (χ3n) is 8.38. The van der Waals surface area contributed by atoms with Gasteiger partial charge in [0.15, 0.2) is 11.2 Å². The standard InChI is InChI=1S/C38H25N5O2/c1-42-31-16-8-7-11-25(31)21-32(42)28-15-9-17-34-36(28)41-38(45-34)43(27-13-3-2-4-14-27)35-19-18-33-37(40-35)29(23-44-33)30-20-24-10-5-6-12-26(24)22-39-30/h2-23H,1H3. The molecular formula is C38H25N5O2. The summed E-state index contributed by atoms with van der Waals surface area (Å²) in [6.07, 6.45) is 3.61. The molecule has 45 heavy (non-hydrogen) atoms. The Morgan fingerprint density at radius 1 is 0.644 bits per heavy atom. The summed E-state index contributed by atoms with van der Waals surface area (Å²) in [5.41, 5.74) is 8.57. The Labute approximate surface area is 257 Å². The van der Waals surface area contributed by atoms with Gasteiger partial charge < -0.3 is 13.4 Å². The number of rotatable bonds is 5. The minimum absolute atomic E-state index is 0.420. The van der Waals surface area contributed by atoms with Gasteiger partial charge >= 0.3 is 6.01 Å². The van der Waals surface area contributed by atoms with Gasteiger partial charge in [-0.1, -0.05) is 72.8 Å². The van der Waals surface area contributed by atoms with Crippen molar-refractivity contribution in [2.24, 2.45) is 7.05 Å². The lowest BCUT2D eigenvalue weighted by Crippen LogP contribution is -2.11. The van der Waals surface area contributed by atoms with Crippen molar-refractivity contribution in [3.05, 3.63) is 134 Å². The summed E-state index contributed by atoms with van der Waals surface area (Å²) < 4.78 is 14.6. The third kappa shape index (κ3) is 4.09. The predicted octanol–water partition coefficient (Wildman–Crippen LogP) is 9.81. The Balaban J connectivity index is 1.21. The Kier molecular flexibility index (Phi) is 5.58. The van der Waals surface area contributed by atoms with Crippen molar-refractivity contribution in [3.8, 4) is 22.5 Å². The molecule has 0 saturated heterocycles. The lowest BCUT2D eigenvalue weighted by atomic mass is 10.1. The molecule has 0 spiro atoms. The first-order chi connectivity index (χ1) is 22.2. The molecule has 0 N–H and O–H groups in total. The number of anilines is 3. The number of benzene rings is 4. The van der Waals surface area contributed by atoms with Crippen LogP contribution in [0.1, 0.15) is 0 Å². The van der Waals surface area contributed by atoms with Crippen molar-refractivity contribution in [2.75, 3.05) is 4.90 Å². The monoisotopic (exact) mass is 583 g/mol. The Morgan fingerprint density at radius 3 is 2.29 bits per heavy atom. The molecule has 0 radical (unpaired) electrons. The van der Waals surface area contributed by atoms with Gasteiger partial charge in [0, 0.05) is 35.1 Å². The molecule has 0 aliphatic heterocycles. The van der Waals surface area contributed by atoms with E-state index in [9.17, 15) is 0 Å². The van der Waals surface area contributed by atoms with Gasteiger partial charge in [0.25, 0.3) is 0 Å². The second kappa shape index (κ2) is 9.92. The van der Waals surface area contributed by atoms with Crippen LogP contribution >= 0.6 is 0 Å². The van der Waals surface area contributed by atoms with E-state index in [0.717, 1.165) is 50.0 Å². The molecule has 7 heteroatoms. The Bertz CT molecular complexity index is 2530. The van der Waals surface area contributed by atoms with Crippen molar-refractivity contribution in [1.82, 2.24) is 19.5 Å². The molecule has 5 aromatic heterocycles. The van der Waals surface area contributed by atoms with Gasteiger partial charge in [-0.05, 0) is 53.9 Å². The first-order valence-corrected chi connectivity index (χ1v) is 14.7. The van der Waals surface area contributed by atoms with Gasteiger partial charge in [-0.2, -0.15) is 4.98 Å². The fraction of sp³-hybridized carbons (Fsp3) is 0.0263. The van der Waals surface area contributed by atoms with E-state index in [-0.39, 0.29) is 0 Å². The summed E-state index contributed by atoms with van der Waals surface area (Å²) >= 11 is 0. The zero-order chi connectivity index (χ0) is 29.9. The maximum atomic E-state index is 6.50. The van der Waals surface area contributed by atoms with Crippen molar-refractivity contribution in [2.45, 2.75) is 0 Å². The fourth-order valence-corrected chi connectivity index (χ4v) is 6.14. The number of nitrogens with zero attached hydrogens (tertiary/aromatic N) is 5. The van der Waals surface area contributed by atoms with Crippen LogP contribution in [0.5, 0.6) is 0 Å². The van der Waals surface area contributed by atoms with Gasteiger partial charge in [0.1, 0.15) is 23.1 Å². The molecule has 5 heterocycles. The molecule has 0 aliphatic carbocycles. The number of oxazole rings is 1. The zero-order valence-corrected chi connectivity index (χ0v) is 24.3. The van der Waals surface area contributed by atoms with Crippen molar-refractivity contribution in [3.63, 3.8) is 0 Å². The maximum absolute atomic E-state index is 6.50. The van der Waals surface area contributed by atoms with Gasteiger partial charge in [0.2, 0.25) is 0 Å². The smallest absolute Gasteiger partial charge is 0.309 e. The van der Waals surface area contributed by atoms with Crippen LogP contribution in [0.2, 0.25) is 0 Å². The number of hydrogen-bond donors (Lipinski definition) is 0. The second-order valence-electron chi connectivity index (χ2n) is 11.0.